The van der Waals surface area contributed by atoms with E-state index < -0.39 is 6.04 Å². The molecular weight excluding hydrogens is 358 g/mol. The van der Waals surface area contributed by atoms with Crippen LogP contribution in [0.5, 0.6) is 0 Å². The zero-order valence-electron chi connectivity index (χ0n) is 16.6. The molecule has 1 aromatic rings. The van der Waals surface area contributed by atoms with E-state index in [9.17, 15) is 14.4 Å². The molecule has 2 N–H and O–H groups in total. The fraction of sp³-hybridized carbons (Fsp3) is 0.700. The van der Waals surface area contributed by atoms with Crippen molar-refractivity contribution in [3.8, 4) is 0 Å². The first-order valence-corrected chi connectivity index (χ1v) is 10.3. The van der Waals surface area contributed by atoms with Gasteiger partial charge in [0.05, 0.1) is 0 Å². The second-order valence-electron chi connectivity index (χ2n) is 8.38. The second-order valence-corrected chi connectivity index (χ2v) is 8.38. The Morgan fingerprint density at radius 1 is 1.29 bits per heavy atom. The SMILES string of the molecule is Cc1cc(C)n(CCNC(=O)[C@H]2[C@@H]3CNC[C@@H](C3)[C@@H]3CCCC(=O)N32)c(=O)n1. The average molecular weight is 387 g/mol. The minimum atomic E-state index is -0.407. The van der Waals surface area contributed by atoms with Crippen molar-refractivity contribution < 1.29 is 9.59 Å². The highest BCUT2D eigenvalue weighted by Crippen LogP contribution is 2.39. The van der Waals surface area contributed by atoms with Gasteiger partial charge in [-0.1, -0.05) is 0 Å². The van der Waals surface area contributed by atoms with Crippen LogP contribution in [-0.2, 0) is 16.1 Å². The quantitative estimate of drug-likeness (QED) is 0.756. The highest BCUT2D eigenvalue weighted by molar-refractivity contribution is 5.89. The molecule has 3 fully saturated rings. The summed E-state index contributed by atoms with van der Waals surface area (Å²) in [7, 11) is 0. The molecule has 8 nitrogen and oxygen atoms in total. The van der Waals surface area contributed by atoms with Crippen LogP contribution in [0.1, 0.15) is 37.1 Å². The van der Waals surface area contributed by atoms with Gasteiger partial charge in [0.15, 0.2) is 0 Å². The molecule has 3 saturated heterocycles. The van der Waals surface area contributed by atoms with Gasteiger partial charge in [0.2, 0.25) is 11.8 Å². The molecule has 0 aliphatic carbocycles. The molecule has 3 aliphatic heterocycles. The van der Waals surface area contributed by atoms with E-state index in [4.69, 9.17) is 0 Å². The Balaban J connectivity index is 1.46. The molecule has 4 atom stereocenters. The third-order valence-corrected chi connectivity index (χ3v) is 6.49. The number of fused-ring (bicyclic) bond motifs is 4. The Hall–Kier alpha value is -2.22. The van der Waals surface area contributed by atoms with Crippen LogP contribution in [0.25, 0.3) is 0 Å². The van der Waals surface area contributed by atoms with Crippen molar-refractivity contribution in [3.63, 3.8) is 0 Å². The number of nitrogens with zero attached hydrogens (tertiary/aromatic N) is 3. The van der Waals surface area contributed by atoms with Gasteiger partial charge in [-0.15, -0.1) is 0 Å². The number of amides is 2. The van der Waals surface area contributed by atoms with Gasteiger partial charge < -0.3 is 15.5 Å². The molecule has 28 heavy (non-hydrogen) atoms. The van der Waals surface area contributed by atoms with Crippen molar-refractivity contribution in [3.05, 3.63) is 27.9 Å². The van der Waals surface area contributed by atoms with Gasteiger partial charge in [-0.05, 0) is 51.6 Å². The van der Waals surface area contributed by atoms with E-state index in [1.807, 2.05) is 17.9 Å². The zero-order chi connectivity index (χ0) is 19.8. The van der Waals surface area contributed by atoms with Crippen LogP contribution in [0, 0.1) is 25.7 Å². The number of aromatic nitrogens is 2. The fourth-order valence-corrected chi connectivity index (χ4v) is 5.29. The summed E-state index contributed by atoms with van der Waals surface area (Å²) >= 11 is 0. The summed E-state index contributed by atoms with van der Waals surface area (Å²) in [5, 5.41) is 6.43. The van der Waals surface area contributed by atoms with E-state index in [0.717, 1.165) is 38.0 Å². The van der Waals surface area contributed by atoms with Gasteiger partial charge >= 0.3 is 5.69 Å². The zero-order valence-corrected chi connectivity index (χ0v) is 16.6. The maximum Gasteiger partial charge on any atom is 0.348 e. The molecule has 2 amide bonds. The molecule has 0 aromatic carbocycles. The Bertz CT molecular complexity index is 836. The van der Waals surface area contributed by atoms with Crippen molar-refractivity contribution in [2.45, 2.75) is 58.2 Å². The van der Waals surface area contributed by atoms with Crippen molar-refractivity contribution >= 4 is 11.8 Å². The van der Waals surface area contributed by atoms with Gasteiger partial charge in [0.1, 0.15) is 6.04 Å². The molecule has 0 unspecified atom stereocenters. The van der Waals surface area contributed by atoms with Crippen LogP contribution < -0.4 is 16.3 Å². The van der Waals surface area contributed by atoms with Crippen molar-refractivity contribution in [2.75, 3.05) is 19.6 Å². The van der Waals surface area contributed by atoms with E-state index in [1.165, 1.54) is 0 Å². The van der Waals surface area contributed by atoms with Gasteiger partial charge in [-0.3, -0.25) is 14.2 Å². The molecule has 3 aliphatic rings. The van der Waals surface area contributed by atoms with Crippen LogP contribution in [-0.4, -0.2) is 58.0 Å². The molecule has 0 radical (unpaired) electrons. The summed E-state index contributed by atoms with van der Waals surface area (Å²) in [6.45, 7) is 6.08. The van der Waals surface area contributed by atoms with Gasteiger partial charge in [-0.25, -0.2) is 4.79 Å². The number of aryl methyl sites for hydroxylation is 2. The maximum absolute atomic E-state index is 13.1. The molecule has 4 rings (SSSR count). The van der Waals surface area contributed by atoms with Crippen molar-refractivity contribution in [1.29, 1.82) is 0 Å². The van der Waals surface area contributed by atoms with E-state index in [0.29, 0.717) is 31.1 Å². The fourth-order valence-electron chi connectivity index (χ4n) is 5.29. The van der Waals surface area contributed by atoms with Crippen LogP contribution in [0.3, 0.4) is 0 Å². The smallest absolute Gasteiger partial charge is 0.348 e. The van der Waals surface area contributed by atoms with Crippen molar-refractivity contribution in [1.82, 2.24) is 25.1 Å². The lowest BCUT2D eigenvalue weighted by atomic mass is 9.72. The maximum atomic E-state index is 13.1. The summed E-state index contributed by atoms with van der Waals surface area (Å²) in [5.74, 6) is 0.621. The summed E-state index contributed by atoms with van der Waals surface area (Å²) in [5.41, 5.74) is 1.23. The first-order valence-electron chi connectivity index (χ1n) is 10.3. The van der Waals surface area contributed by atoms with Gasteiger partial charge in [-0.2, -0.15) is 4.98 Å². The first kappa shape index (κ1) is 19.1. The number of hydrogen-bond donors (Lipinski definition) is 2. The minimum absolute atomic E-state index is 0.0989. The van der Waals surface area contributed by atoms with E-state index >= 15 is 0 Å². The highest BCUT2D eigenvalue weighted by Gasteiger charge is 2.50. The number of rotatable bonds is 4. The molecule has 0 spiro atoms. The molecule has 2 bridgehead atoms. The van der Waals surface area contributed by atoms with Gasteiger partial charge in [0.25, 0.3) is 0 Å². The molecule has 1 aromatic heterocycles. The number of carbonyl (C=O) groups excluding carboxylic acids is 2. The van der Waals surface area contributed by atoms with Crippen LogP contribution in [0.4, 0.5) is 0 Å². The second kappa shape index (κ2) is 7.66. The third-order valence-electron chi connectivity index (χ3n) is 6.49. The third kappa shape index (κ3) is 3.45. The lowest BCUT2D eigenvalue weighted by Crippen LogP contribution is -2.68. The normalized spacial score (nSPS) is 29.4. The van der Waals surface area contributed by atoms with E-state index in [2.05, 4.69) is 15.6 Å². The summed E-state index contributed by atoms with van der Waals surface area (Å²) < 4.78 is 1.57. The monoisotopic (exact) mass is 387 g/mol. The Labute approximate surface area is 164 Å². The Kier molecular flexibility index (Phi) is 5.23. The largest absolute Gasteiger partial charge is 0.353 e. The topological polar surface area (TPSA) is 96.3 Å². The highest BCUT2D eigenvalue weighted by atomic mass is 16.2. The van der Waals surface area contributed by atoms with Crippen molar-refractivity contribution in [2.24, 2.45) is 11.8 Å². The number of hydrogen-bond acceptors (Lipinski definition) is 5. The molecular formula is C20H29N5O3. The number of nitrogens with one attached hydrogen (secondary N) is 2. The Morgan fingerprint density at radius 2 is 2.07 bits per heavy atom. The van der Waals surface area contributed by atoms with E-state index in [-0.39, 0.29) is 29.5 Å². The lowest BCUT2D eigenvalue weighted by molar-refractivity contribution is -0.157. The predicted octanol–water partition coefficient (Wildman–Crippen LogP) is -0.0347. The average Bonchev–Trinajstić information content (AvgIpc) is 2.65. The summed E-state index contributed by atoms with van der Waals surface area (Å²) in [6.07, 6.45) is 3.44. The number of piperidine rings is 3. The Morgan fingerprint density at radius 3 is 2.86 bits per heavy atom. The van der Waals surface area contributed by atoms with Gasteiger partial charge in [0, 0.05) is 49.4 Å². The minimum Gasteiger partial charge on any atom is -0.353 e. The molecule has 8 heteroatoms. The number of carbonyl (C=O) groups is 2. The summed E-state index contributed by atoms with van der Waals surface area (Å²) in [6, 6.07) is 1.62. The first-order chi connectivity index (χ1) is 13.5. The van der Waals surface area contributed by atoms with E-state index in [1.54, 1.807) is 11.5 Å². The molecule has 0 saturated carbocycles. The summed E-state index contributed by atoms with van der Waals surface area (Å²) in [4.78, 5) is 43.7. The predicted molar refractivity (Wildman–Crippen MR) is 104 cm³/mol. The lowest BCUT2D eigenvalue weighted by Gasteiger charge is -2.53. The van der Waals surface area contributed by atoms with Crippen LogP contribution in [0.2, 0.25) is 0 Å². The van der Waals surface area contributed by atoms with Crippen LogP contribution in [0.15, 0.2) is 10.9 Å². The van der Waals surface area contributed by atoms with Crippen LogP contribution >= 0.6 is 0 Å². The standard InChI is InChI=1S/C20H29N5O3/c1-12-8-13(2)24(20(28)23-12)7-6-22-19(27)18-15-9-14(10-21-11-15)16-4-3-5-17(26)25(16)18/h8,14-16,18,21H,3-7,9-11H2,1-2H3,(H,22,27)/t14-,15+,16+,18-/m1/s1. The molecule has 152 valence electrons. The molecule has 4 heterocycles.